The number of fused-ring (bicyclic) bond motifs is 1. The number of nitrogens with zero attached hydrogens (tertiary/aromatic N) is 1. The molecule has 1 unspecified atom stereocenters. The van der Waals surface area contributed by atoms with E-state index in [4.69, 9.17) is 11.5 Å². The molecule has 0 fully saturated rings. The fourth-order valence-electron chi connectivity index (χ4n) is 2.88. The second kappa shape index (κ2) is 4.24. The lowest BCUT2D eigenvalue weighted by molar-refractivity contribution is 0.0390. The number of aromatic nitrogens is 1. The summed E-state index contributed by atoms with van der Waals surface area (Å²) in [6, 6.07) is 9.43. The number of aryl methyl sites for hydroxylation is 1. The molecule has 19 heavy (non-hydrogen) atoms. The van der Waals surface area contributed by atoms with Crippen molar-refractivity contribution in [3.05, 3.63) is 53.2 Å². The molecular weight excluding hydrogens is 238 g/mol. The zero-order valence-corrected chi connectivity index (χ0v) is 10.6. The van der Waals surface area contributed by atoms with Gasteiger partial charge in [-0.1, -0.05) is 6.07 Å². The van der Waals surface area contributed by atoms with Crippen molar-refractivity contribution >= 4 is 11.5 Å². The molecule has 0 amide bonds. The van der Waals surface area contributed by atoms with Crippen LogP contribution in [0, 0.1) is 0 Å². The summed E-state index contributed by atoms with van der Waals surface area (Å²) in [7, 11) is 0. The molecule has 0 radical (unpaired) electrons. The summed E-state index contributed by atoms with van der Waals surface area (Å²) in [4.78, 5) is 3.97. The van der Waals surface area contributed by atoms with Crippen LogP contribution in [0.3, 0.4) is 0 Å². The third kappa shape index (κ3) is 2.15. The molecule has 1 aliphatic rings. The van der Waals surface area contributed by atoms with Gasteiger partial charge < -0.3 is 16.6 Å². The molecule has 5 N–H and O–H groups in total. The van der Waals surface area contributed by atoms with Crippen LogP contribution in [0.25, 0.3) is 0 Å². The van der Waals surface area contributed by atoms with Crippen molar-refractivity contribution in [2.45, 2.75) is 24.9 Å². The van der Waals surface area contributed by atoms with Crippen molar-refractivity contribution in [2.75, 3.05) is 11.5 Å². The van der Waals surface area contributed by atoms with Crippen molar-refractivity contribution < 1.29 is 5.11 Å². The summed E-state index contributed by atoms with van der Waals surface area (Å²) in [5.41, 5.74) is 14.5. The zero-order chi connectivity index (χ0) is 13.5. The number of aliphatic hydroxyl groups is 1. The van der Waals surface area contributed by atoms with Gasteiger partial charge in [0.05, 0.1) is 5.60 Å². The minimum absolute atomic E-state index is 0.483. The van der Waals surface area contributed by atoms with Crippen molar-refractivity contribution in [3.63, 3.8) is 0 Å². The number of rotatable bonds is 2. The number of anilines is 2. The second-order valence-electron chi connectivity index (χ2n) is 5.21. The lowest BCUT2D eigenvalue weighted by Crippen LogP contribution is -2.25. The molecule has 2 aromatic rings. The zero-order valence-electron chi connectivity index (χ0n) is 10.6. The standard InChI is InChI=1S/C15H17N3O/c16-12-1-2-13-11(8-12)3-5-15(13,19)9-10-4-6-18-14(17)7-10/h1-2,4,6-8,19H,3,5,9,16H2,(H2,17,18). The van der Waals surface area contributed by atoms with E-state index < -0.39 is 5.60 Å². The maximum Gasteiger partial charge on any atom is 0.123 e. The molecular formula is C15H17N3O. The highest BCUT2D eigenvalue weighted by Crippen LogP contribution is 2.40. The Labute approximate surface area is 112 Å². The summed E-state index contributed by atoms with van der Waals surface area (Å²) in [6.07, 6.45) is 3.80. The number of hydrogen-bond donors (Lipinski definition) is 3. The summed E-state index contributed by atoms with van der Waals surface area (Å²) >= 11 is 0. The topological polar surface area (TPSA) is 85.2 Å². The SMILES string of the molecule is Nc1ccc2c(c1)CCC2(O)Cc1ccnc(N)c1. The molecule has 1 heterocycles. The van der Waals surface area contributed by atoms with E-state index in [1.54, 1.807) is 6.20 Å². The molecule has 0 saturated carbocycles. The van der Waals surface area contributed by atoms with Gasteiger partial charge in [0.15, 0.2) is 0 Å². The first kappa shape index (κ1) is 12.0. The lowest BCUT2D eigenvalue weighted by Gasteiger charge is -2.24. The first-order valence-corrected chi connectivity index (χ1v) is 6.38. The molecule has 0 saturated heterocycles. The van der Waals surface area contributed by atoms with Crippen LogP contribution >= 0.6 is 0 Å². The van der Waals surface area contributed by atoms with Crippen LogP contribution in [0.1, 0.15) is 23.1 Å². The molecule has 4 nitrogen and oxygen atoms in total. The largest absolute Gasteiger partial charge is 0.399 e. The fraction of sp³-hybridized carbons (Fsp3) is 0.267. The van der Waals surface area contributed by atoms with Gasteiger partial charge in [-0.15, -0.1) is 0 Å². The predicted molar refractivity (Wildman–Crippen MR) is 75.4 cm³/mol. The highest BCUT2D eigenvalue weighted by Gasteiger charge is 2.36. The van der Waals surface area contributed by atoms with E-state index in [-0.39, 0.29) is 0 Å². The average molecular weight is 255 g/mol. The Bertz CT molecular complexity index is 627. The maximum atomic E-state index is 10.9. The first-order chi connectivity index (χ1) is 9.07. The van der Waals surface area contributed by atoms with E-state index in [1.165, 1.54) is 0 Å². The molecule has 0 aliphatic heterocycles. The number of nitrogen functional groups attached to an aromatic ring is 2. The van der Waals surface area contributed by atoms with Gasteiger partial charge in [-0.25, -0.2) is 4.98 Å². The van der Waals surface area contributed by atoms with Crippen LogP contribution in [0.4, 0.5) is 11.5 Å². The average Bonchev–Trinajstić information content (AvgIpc) is 2.66. The van der Waals surface area contributed by atoms with Gasteiger partial charge in [0.1, 0.15) is 5.82 Å². The van der Waals surface area contributed by atoms with E-state index >= 15 is 0 Å². The number of hydrogen-bond acceptors (Lipinski definition) is 4. The van der Waals surface area contributed by atoms with Crippen molar-refractivity contribution in [1.29, 1.82) is 0 Å². The van der Waals surface area contributed by atoms with Crippen LogP contribution in [0.15, 0.2) is 36.5 Å². The summed E-state index contributed by atoms with van der Waals surface area (Å²) in [5.74, 6) is 0.483. The summed E-state index contributed by atoms with van der Waals surface area (Å²) < 4.78 is 0. The summed E-state index contributed by atoms with van der Waals surface area (Å²) in [6.45, 7) is 0. The molecule has 1 aromatic heterocycles. The normalized spacial score (nSPS) is 21.3. The third-order valence-electron chi connectivity index (χ3n) is 3.78. The molecule has 98 valence electrons. The Balaban J connectivity index is 1.94. The van der Waals surface area contributed by atoms with E-state index in [0.29, 0.717) is 18.7 Å². The van der Waals surface area contributed by atoms with Crippen LogP contribution in [0.2, 0.25) is 0 Å². The van der Waals surface area contributed by atoms with Crippen molar-refractivity contribution in [3.8, 4) is 0 Å². The fourth-order valence-corrected chi connectivity index (χ4v) is 2.88. The highest BCUT2D eigenvalue weighted by atomic mass is 16.3. The summed E-state index contributed by atoms with van der Waals surface area (Å²) in [5, 5.41) is 10.9. The van der Waals surface area contributed by atoms with Crippen LogP contribution < -0.4 is 11.5 Å². The lowest BCUT2D eigenvalue weighted by atomic mass is 9.89. The molecule has 0 spiro atoms. The second-order valence-corrected chi connectivity index (χ2v) is 5.21. The van der Waals surface area contributed by atoms with Crippen LogP contribution in [0.5, 0.6) is 0 Å². The van der Waals surface area contributed by atoms with Crippen molar-refractivity contribution in [1.82, 2.24) is 4.98 Å². The monoisotopic (exact) mass is 255 g/mol. The Hall–Kier alpha value is -2.07. The number of nitrogens with two attached hydrogens (primary N) is 2. The van der Waals surface area contributed by atoms with Crippen molar-refractivity contribution in [2.24, 2.45) is 0 Å². The van der Waals surface area contributed by atoms with E-state index in [0.717, 1.165) is 28.8 Å². The predicted octanol–water partition coefficient (Wildman–Crippen LogP) is 1.62. The van der Waals surface area contributed by atoms with Gasteiger partial charge in [-0.3, -0.25) is 0 Å². The van der Waals surface area contributed by atoms with Gasteiger partial charge in [-0.05, 0) is 53.8 Å². The Morgan fingerprint density at radius 1 is 1.21 bits per heavy atom. The Morgan fingerprint density at radius 2 is 2.05 bits per heavy atom. The van der Waals surface area contributed by atoms with Gasteiger partial charge in [0, 0.05) is 18.3 Å². The minimum atomic E-state index is -0.823. The smallest absolute Gasteiger partial charge is 0.123 e. The molecule has 3 rings (SSSR count). The quantitative estimate of drug-likeness (QED) is 0.712. The molecule has 0 bridgehead atoms. The number of pyridine rings is 1. The molecule has 4 heteroatoms. The number of benzene rings is 1. The van der Waals surface area contributed by atoms with Crippen LogP contribution in [-0.4, -0.2) is 10.1 Å². The Kier molecular flexibility index (Phi) is 2.68. The molecule has 1 aliphatic carbocycles. The van der Waals surface area contributed by atoms with Gasteiger partial charge in [-0.2, -0.15) is 0 Å². The maximum absolute atomic E-state index is 10.9. The first-order valence-electron chi connectivity index (χ1n) is 6.38. The highest BCUT2D eigenvalue weighted by molar-refractivity contribution is 5.49. The van der Waals surface area contributed by atoms with Gasteiger partial charge >= 0.3 is 0 Å². The van der Waals surface area contributed by atoms with E-state index in [1.807, 2.05) is 30.3 Å². The van der Waals surface area contributed by atoms with Crippen LogP contribution in [-0.2, 0) is 18.4 Å². The third-order valence-corrected chi connectivity index (χ3v) is 3.78. The molecule has 1 aromatic carbocycles. The minimum Gasteiger partial charge on any atom is -0.399 e. The van der Waals surface area contributed by atoms with E-state index in [2.05, 4.69) is 4.98 Å². The van der Waals surface area contributed by atoms with Gasteiger partial charge in [0.25, 0.3) is 0 Å². The van der Waals surface area contributed by atoms with E-state index in [9.17, 15) is 5.11 Å². The Morgan fingerprint density at radius 3 is 2.84 bits per heavy atom. The van der Waals surface area contributed by atoms with Gasteiger partial charge in [0.2, 0.25) is 0 Å². The molecule has 1 atom stereocenters.